The molecule has 0 aliphatic rings. The lowest BCUT2D eigenvalue weighted by molar-refractivity contribution is -0.158. The van der Waals surface area contributed by atoms with E-state index in [1.165, 1.54) is 10.6 Å². The number of aromatic nitrogens is 1. The fourth-order valence-corrected chi connectivity index (χ4v) is 1.60. The monoisotopic (exact) mass is 301 g/mol. The van der Waals surface area contributed by atoms with Crippen molar-refractivity contribution in [3.05, 3.63) is 33.2 Å². The first-order valence-electron chi connectivity index (χ1n) is 5.31. The molecule has 0 aromatic carbocycles. The summed E-state index contributed by atoms with van der Waals surface area (Å²) in [6, 6.07) is 2.50. The molecule has 0 bridgehead atoms. The summed E-state index contributed by atoms with van der Waals surface area (Å²) in [5.74, 6) is -0.415. The molecule has 1 heterocycles. The van der Waals surface area contributed by atoms with E-state index < -0.39 is 17.6 Å². The first-order chi connectivity index (χ1) is 7.70. The van der Waals surface area contributed by atoms with Crippen molar-refractivity contribution in [2.45, 2.75) is 39.3 Å². The first kappa shape index (κ1) is 14.0. The molecule has 1 rings (SSSR count). The number of carbonyl (C=O) groups excluding carboxylic acids is 1. The SMILES string of the molecule is C[C@H](C(=O)OC(C)(C)C)n1ccc(Br)cc1=O. The molecule has 1 aromatic heterocycles. The molecule has 4 nitrogen and oxygen atoms in total. The van der Waals surface area contributed by atoms with Gasteiger partial charge in [-0.3, -0.25) is 4.79 Å². The Morgan fingerprint density at radius 2 is 2.06 bits per heavy atom. The Hall–Kier alpha value is -1.10. The number of carbonyl (C=O) groups is 1. The second-order valence-electron chi connectivity index (χ2n) is 4.80. The van der Waals surface area contributed by atoms with Gasteiger partial charge >= 0.3 is 5.97 Å². The van der Waals surface area contributed by atoms with Gasteiger partial charge in [-0.25, -0.2) is 4.79 Å². The predicted octanol–water partition coefficient (Wildman–Crippen LogP) is 2.51. The lowest BCUT2D eigenvalue weighted by Crippen LogP contribution is -2.33. The van der Waals surface area contributed by atoms with Crippen LogP contribution >= 0.6 is 15.9 Å². The second-order valence-corrected chi connectivity index (χ2v) is 5.72. The maximum atomic E-state index is 11.8. The van der Waals surface area contributed by atoms with Crippen LogP contribution in [0.3, 0.4) is 0 Å². The predicted molar refractivity (Wildman–Crippen MR) is 69.0 cm³/mol. The Kier molecular flexibility index (Phi) is 4.14. The summed E-state index contributed by atoms with van der Waals surface area (Å²) in [6.45, 7) is 7.02. The minimum atomic E-state index is -0.630. The van der Waals surface area contributed by atoms with Crippen molar-refractivity contribution in [1.82, 2.24) is 4.57 Å². The zero-order valence-corrected chi connectivity index (χ0v) is 11.9. The van der Waals surface area contributed by atoms with E-state index in [-0.39, 0.29) is 5.56 Å². The Bertz CT molecular complexity index is 473. The van der Waals surface area contributed by atoms with Crippen LogP contribution in [0.25, 0.3) is 0 Å². The van der Waals surface area contributed by atoms with E-state index in [0.29, 0.717) is 4.47 Å². The van der Waals surface area contributed by atoms with E-state index in [1.54, 1.807) is 40.0 Å². The van der Waals surface area contributed by atoms with Gasteiger partial charge in [-0.1, -0.05) is 15.9 Å². The van der Waals surface area contributed by atoms with Crippen LogP contribution in [0.4, 0.5) is 0 Å². The summed E-state index contributed by atoms with van der Waals surface area (Å²) in [6.07, 6.45) is 1.57. The number of rotatable bonds is 2. The third-order valence-electron chi connectivity index (χ3n) is 2.08. The van der Waals surface area contributed by atoms with Crippen molar-refractivity contribution in [1.29, 1.82) is 0 Å². The van der Waals surface area contributed by atoms with Crippen LogP contribution in [0.5, 0.6) is 0 Å². The van der Waals surface area contributed by atoms with Crippen LogP contribution in [0.2, 0.25) is 0 Å². The maximum absolute atomic E-state index is 11.8. The van der Waals surface area contributed by atoms with Gasteiger partial charge in [0, 0.05) is 16.7 Å². The molecular formula is C12H16BrNO3. The zero-order valence-electron chi connectivity index (χ0n) is 10.4. The molecule has 0 unspecified atom stereocenters. The highest BCUT2D eigenvalue weighted by Gasteiger charge is 2.23. The fraction of sp³-hybridized carbons (Fsp3) is 0.500. The molecule has 0 aliphatic heterocycles. The van der Waals surface area contributed by atoms with Crippen LogP contribution < -0.4 is 5.56 Å². The molecular weight excluding hydrogens is 286 g/mol. The molecule has 94 valence electrons. The van der Waals surface area contributed by atoms with E-state index in [4.69, 9.17) is 4.74 Å². The summed E-state index contributed by atoms with van der Waals surface area (Å²) in [5.41, 5.74) is -0.789. The van der Waals surface area contributed by atoms with Gasteiger partial charge in [0.05, 0.1) is 0 Å². The van der Waals surface area contributed by atoms with Gasteiger partial charge in [0.25, 0.3) is 5.56 Å². The molecule has 0 aliphatic carbocycles. The number of nitrogens with zero attached hydrogens (tertiary/aromatic N) is 1. The molecule has 0 saturated heterocycles. The Morgan fingerprint density at radius 3 is 2.53 bits per heavy atom. The van der Waals surface area contributed by atoms with Crippen molar-refractivity contribution in [3.8, 4) is 0 Å². The highest BCUT2D eigenvalue weighted by molar-refractivity contribution is 9.10. The standard InChI is InChI=1S/C12H16BrNO3/c1-8(11(16)17-12(2,3)4)14-6-5-9(13)7-10(14)15/h5-8H,1-4H3/t8-/m1/s1. The van der Waals surface area contributed by atoms with E-state index in [0.717, 1.165) is 0 Å². The van der Waals surface area contributed by atoms with E-state index in [9.17, 15) is 9.59 Å². The third-order valence-corrected chi connectivity index (χ3v) is 2.57. The minimum Gasteiger partial charge on any atom is -0.458 e. The molecule has 0 spiro atoms. The van der Waals surface area contributed by atoms with E-state index in [1.807, 2.05) is 0 Å². The third kappa shape index (κ3) is 4.00. The van der Waals surface area contributed by atoms with Crippen molar-refractivity contribution < 1.29 is 9.53 Å². The topological polar surface area (TPSA) is 48.3 Å². The quantitative estimate of drug-likeness (QED) is 0.789. The number of halogens is 1. The smallest absolute Gasteiger partial charge is 0.329 e. The summed E-state index contributed by atoms with van der Waals surface area (Å²) in [4.78, 5) is 23.5. The number of esters is 1. The van der Waals surface area contributed by atoms with Gasteiger partial charge < -0.3 is 9.30 Å². The van der Waals surface area contributed by atoms with Gasteiger partial charge in [0.15, 0.2) is 0 Å². The highest BCUT2D eigenvalue weighted by atomic mass is 79.9. The van der Waals surface area contributed by atoms with Crippen LogP contribution in [-0.4, -0.2) is 16.1 Å². The minimum absolute atomic E-state index is 0.238. The summed E-state index contributed by atoms with van der Waals surface area (Å²) in [7, 11) is 0. The Balaban J connectivity index is 2.93. The zero-order chi connectivity index (χ0) is 13.2. The van der Waals surface area contributed by atoms with Gasteiger partial charge in [-0.15, -0.1) is 0 Å². The molecule has 5 heteroatoms. The molecule has 0 fully saturated rings. The van der Waals surface area contributed by atoms with Gasteiger partial charge in [0.1, 0.15) is 11.6 Å². The summed E-state index contributed by atoms with van der Waals surface area (Å²) in [5, 5.41) is 0. The number of ether oxygens (including phenoxy) is 1. The molecule has 1 atom stereocenters. The normalized spacial score (nSPS) is 13.2. The molecule has 0 radical (unpaired) electrons. The van der Waals surface area contributed by atoms with Crippen LogP contribution in [-0.2, 0) is 9.53 Å². The second kappa shape index (κ2) is 5.04. The number of pyridine rings is 1. The van der Waals surface area contributed by atoms with Gasteiger partial charge in [-0.2, -0.15) is 0 Å². The molecule has 1 aromatic rings. The number of hydrogen-bond acceptors (Lipinski definition) is 3. The van der Waals surface area contributed by atoms with Crippen molar-refractivity contribution in [2.24, 2.45) is 0 Å². The largest absolute Gasteiger partial charge is 0.458 e. The average molecular weight is 302 g/mol. The Morgan fingerprint density at radius 1 is 1.47 bits per heavy atom. The van der Waals surface area contributed by atoms with E-state index in [2.05, 4.69) is 15.9 Å². The van der Waals surface area contributed by atoms with Crippen molar-refractivity contribution >= 4 is 21.9 Å². The van der Waals surface area contributed by atoms with Crippen molar-refractivity contribution in [2.75, 3.05) is 0 Å². The summed E-state index contributed by atoms with van der Waals surface area (Å²) >= 11 is 3.20. The van der Waals surface area contributed by atoms with Crippen molar-refractivity contribution in [3.63, 3.8) is 0 Å². The summed E-state index contributed by atoms with van der Waals surface area (Å²) < 4.78 is 7.26. The van der Waals surface area contributed by atoms with Crippen LogP contribution in [0.1, 0.15) is 33.7 Å². The van der Waals surface area contributed by atoms with Gasteiger partial charge in [0.2, 0.25) is 0 Å². The first-order valence-corrected chi connectivity index (χ1v) is 6.10. The fourth-order valence-electron chi connectivity index (χ4n) is 1.29. The van der Waals surface area contributed by atoms with Gasteiger partial charge in [-0.05, 0) is 33.8 Å². The molecule has 17 heavy (non-hydrogen) atoms. The maximum Gasteiger partial charge on any atom is 0.329 e. The van der Waals surface area contributed by atoms with Crippen LogP contribution in [0, 0.1) is 0 Å². The molecule has 0 saturated carbocycles. The molecule has 0 N–H and O–H groups in total. The lowest BCUT2D eigenvalue weighted by atomic mass is 10.2. The number of hydrogen-bond donors (Lipinski definition) is 0. The van der Waals surface area contributed by atoms with Crippen LogP contribution in [0.15, 0.2) is 27.6 Å². The Labute approximate surface area is 109 Å². The average Bonchev–Trinajstić information content (AvgIpc) is 2.14. The lowest BCUT2D eigenvalue weighted by Gasteiger charge is -2.23. The highest BCUT2D eigenvalue weighted by Crippen LogP contribution is 2.14. The molecule has 0 amide bonds. The van der Waals surface area contributed by atoms with E-state index >= 15 is 0 Å².